The molecule has 0 radical (unpaired) electrons. The lowest BCUT2D eigenvalue weighted by atomic mass is 10.0. The molecule has 126 valence electrons. The molecule has 1 aromatic carbocycles. The molecule has 0 aliphatic carbocycles. The lowest BCUT2D eigenvalue weighted by Crippen LogP contribution is -2.25. The predicted molar refractivity (Wildman–Crippen MR) is 80.8 cm³/mol. The Bertz CT molecular complexity index is 708. The SMILES string of the molecule is CC(O)C1CCN(Cc2nc3cc(C(F)(F)F)ccc3n2C)C1. The number of nitrogens with zero attached hydrogens (tertiary/aromatic N) is 3. The average Bonchev–Trinajstić information content (AvgIpc) is 3.04. The molecule has 2 atom stereocenters. The molecule has 0 bridgehead atoms. The van der Waals surface area contributed by atoms with Gasteiger partial charge in [0.05, 0.1) is 29.2 Å². The summed E-state index contributed by atoms with van der Waals surface area (Å²) in [5, 5.41) is 9.66. The Labute approximate surface area is 132 Å². The molecule has 1 fully saturated rings. The van der Waals surface area contributed by atoms with E-state index in [2.05, 4.69) is 9.88 Å². The van der Waals surface area contributed by atoms with E-state index in [9.17, 15) is 18.3 Å². The zero-order chi connectivity index (χ0) is 16.8. The fraction of sp³-hybridized carbons (Fsp3) is 0.562. The summed E-state index contributed by atoms with van der Waals surface area (Å²) in [7, 11) is 1.82. The molecule has 1 aliphatic rings. The molecule has 1 saturated heterocycles. The molecule has 23 heavy (non-hydrogen) atoms. The highest BCUT2D eigenvalue weighted by molar-refractivity contribution is 5.77. The number of benzene rings is 1. The van der Waals surface area contributed by atoms with Crippen LogP contribution in [0.25, 0.3) is 11.0 Å². The van der Waals surface area contributed by atoms with Crippen molar-refractivity contribution >= 4 is 11.0 Å². The summed E-state index contributed by atoms with van der Waals surface area (Å²) in [6.07, 6.45) is -3.76. The van der Waals surface area contributed by atoms with Gasteiger partial charge < -0.3 is 9.67 Å². The minimum Gasteiger partial charge on any atom is -0.393 e. The van der Waals surface area contributed by atoms with E-state index in [0.717, 1.165) is 37.5 Å². The second-order valence-electron chi connectivity index (χ2n) is 6.31. The first-order chi connectivity index (χ1) is 10.8. The molecule has 1 aliphatic heterocycles. The maximum Gasteiger partial charge on any atom is 0.416 e. The van der Waals surface area contributed by atoms with Crippen molar-refractivity contribution < 1.29 is 18.3 Å². The lowest BCUT2D eigenvalue weighted by Gasteiger charge is -2.17. The number of aromatic nitrogens is 2. The smallest absolute Gasteiger partial charge is 0.393 e. The van der Waals surface area contributed by atoms with Crippen LogP contribution in [0.4, 0.5) is 13.2 Å². The van der Waals surface area contributed by atoms with Gasteiger partial charge >= 0.3 is 6.18 Å². The molecule has 0 spiro atoms. The van der Waals surface area contributed by atoms with Crippen LogP contribution in [0.3, 0.4) is 0 Å². The first-order valence-corrected chi connectivity index (χ1v) is 7.68. The van der Waals surface area contributed by atoms with Crippen molar-refractivity contribution in [1.29, 1.82) is 0 Å². The third kappa shape index (κ3) is 3.21. The summed E-state index contributed by atoms with van der Waals surface area (Å²) in [4.78, 5) is 6.56. The van der Waals surface area contributed by atoms with Gasteiger partial charge in [-0.25, -0.2) is 4.98 Å². The van der Waals surface area contributed by atoms with Crippen LogP contribution in [-0.4, -0.2) is 38.8 Å². The number of aryl methyl sites for hydroxylation is 1. The highest BCUT2D eigenvalue weighted by atomic mass is 19.4. The summed E-state index contributed by atoms with van der Waals surface area (Å²) < 4.78 is 40.2. The van der Waals surface area contributed by atoms with Crippen molar-refractivity contribution in [2.75, 3.05) is 13.1 Å². The van der Waals surface area contributed by atoms with Crippen LogP contribution in [0.5, 0.6) is 0 Å². The Hall–Kier alpha value is -1.60. The number of likely N-dealkylation sites (tertiary alicyclic amines) is 1. The number of halogens is 3. The van der Waals surface area contributed by atoms with Crippen molar-refractivity contribution in [2.24, 2.45) is 13.0 Å². The van der Waals surface area contributed by atoms with Gasteiger partial charge in [0, 0.05) is 13.6 Å². The zero-order valence-corrected chi connectivity index (χ0v) is 13.1. The number of aliphatic hydroxyl groups is 1. The monoisotopic (exact) mass is 327 g/mol. The van der Waals surface area contributed by atoms with Gasteiger partial charge in [0.1, 0.15) is 5.82 Å². The number of fused-ring (bicyclic) bond motifs is 1. The van der Waals surface area contributed by atoms with E-state index in [1.54, 1.807) is 6.92 Å². The highest BCUT2D eigenvalue weighted by Crippen LogP contribution is 2.31. The molecular weight excluding hydrogens is 307 g/mol. The Kier molecular flexibility index (Phi) is 4.10. The number of hydrogen-bond acceptors (Lipinski definition) is 3. The Morgan fingerprint density at radius 3 is 2.74 bits per heavy atom. The Morgan fingerprint density at radius 2 is 2.13 bits per heavy atom. The van der Waals surface area contributed by atoms with E-state index >= 15 is 0 Å². The van der Waals surface area contributed by atoms with Crippen LogP contribution in [0.2, 0.25) is 0 Å². The molecule has 7 heteroatoms. The van der Waals surface area contributed by atoms with Crippen LogP contribution in [0, 0.1) is 5.92 Å². The minimum atomic E-state index is -4.36. The number of imidazole rings is 1. The fourth-order valence-corrected chi connectivity index (χ4v) is 3.17. The van der Waals surface area contributed by atoms with Crippen molar-refractivity contribution in [3.8, 4) is 0 Å². The van der Waals surface area contributed by atoms with E-state index < -0.39 is 11.7 Å². The molecule has 0 saturated carbocycles. The van der Waals surface area contributed by atoms with Crippen molar-refractivity contribution in [3.63, 3.8) is 0 Å². The Balaban J connectivity index is 1.83. The summed E-state index contributed by atoms with van der Waals surface area (Å²) in [5.41, 5.74) is 0.382. The second kappa shape index (κ2) is 5.79. The maximum atomic E-state index is 12.8. The summed E-state index contributed by atoms with van der Waals surface area (Å²) in [6.45, 7) is 4.03. The normalized spacial score (nSPS) is 21.2. The van der Waals surface area contributed by atoms with E-state index in [1.165, 1.54) is 6.07 Å². The zero-order valence-electron chi connectivity index (χ0n) is 13.1. The van der Waals surface area contributed by atoms with Gasteiger partial charge in [-0.05, 0) is 44.0 Å². The van der Waals surface area contributed by atoms with Gasteiger partial charge in [-0.2, -0.15) is 13.2 Å². The van der Waals surface area contributed by atoms with E-state index in [4.69, 9.17) is 0 Å². The standard InChI is InChI=1S/C16H20F3N3O/c1-10(23)11-5-6-22(8-11)9-15-20-13-7-12(16(17,18)19)3-4-14(13)21(15)2/h3-4,7,10-11,23H,5-6,8-9H2,1-2H3. The van der Waals surface area contributed by atoms with Gasteiger partial charge in [-0.15, -0.1) is 0 Å². The Morgan fingerprint density at radius 1 is 1.39 bits per heavy atom. The van der Waals surface area contributed by atoms with E-state index in [1.807, 2.05) is 11.6 Å². The molecule has 4 nitrogen and oxygen atoms in total. The molecule has 2 aromatic rings. The number of aliphatic hydroxyl groups excluding tert-OH is 1. The molecule has 1 N–H and O–H groups in total. The van der Waals surface area contributed by atoms with Crippen LogP contribution >= 0.6 is 0 Å². The van der Waals surface area contributed by atoms with Crippen molar-refractivity contribution in [3.05, 3.63) is 29.6 Å². The topological polar surface area (TPSA) is 41.3 Å². The third-order valence-electron chi connectivity index (χ3n) is 4.66. The van der Waals surface area contributed by atoms with E-state index in [-0.39, 0.29) is 12.0 Å². The van der Waals surface area contributed by atoms with Crippen LogP contribution in [-0.2, 0) is 19.8 Å². The van der Waals surface area contributed by atoms with Crippen molar-refractivity contribution in [2.45, 2.75) is 32.2 Å². The van der Waals surface area contributed by atoms with Gasteiger partial charge in [0.15, 0.2) is 0 Å². The number of alkyl halides is 3. The fourth-order valence-electron chi connectivity index (χ4n) is 3.17. The first-order valence-electron chi connectivity index (χ1n) is 7.68. The average molecular weight is 327 g/mol. The van der Waals surface area contributed by atoms with Gasteiger partial charge in [-0.1, -0.05) is 0 Å². The van der Waals surface area contributed by atoms with E-state index in [0.29, 0.717) is 17.6 Å². The van der Waals surface area contributed by atoms with Crippen LogP contribution in [0.1, 0.15) is 24.7 Å². The number of rotatable bonds is 3. The third-order valence-corrected chi connectivity index (χ3v) is 4.66. The van der Waals surface area contributed by atoms with Gasteiger partial charge in [0.2, 0.25) is 0 Å². The summed E-state index contributed by atoms with van der Waals surface area (Å²) in [5.74, 6) is 0.993. The number of hydrogen-bond donors (Lipinski definition) is 1. The lowest BCUT2D eigenvalue weighted by molar-refractivity contribution is -0.137. The molecular formula is C16H20F3N3O. The molecule has 0 amide bonds. The molecule has 3 rings (SSSR count). The maximum absolute atomic E-state index is 12.8. The van der Waals surface area contributed by atoms with Gasteiger partial charge in [-0.3, -0.25) is 4.90 Å². The van der Waals surface area contributed by atoms with Crippen LogP contribution in [0.15, 0.2) is 18.2 Å². The second-order valence-corrected chi connectivity index (χ2v) is 6.31. The van der Waals surface area contributed by atoms with Crippen molar-refractivity contribution in [1.82, 2.24) is 14.5 Å². The minimum absolute atomic E-state index is 0.251. The predicted octanol–water partition coefficient (Wildman–Crippen LogP) is 2.79. The quantitative estimate of drug-likeness (QED) is 0.942. The highest BCUT2D eigenvalue weighted by Gasteiger charge is 2.31. The molecule has 2 unspecified atom stereocenters. The summed E-state index contributed by atoms with van der Waals surface area (Å²) in [6, 6.07) is 3.66. The summed E-state index contributed by atoms with van der Waals surface area (Å²) >= 11 is 0. The largest absolute Gasteiger partial charge is 0.416 e. The first kappa shape index (κ1) is 16.3. The van der Waals surface area contributed by atoms with Crippen LogP contribution < -0.4 is 0 Å². The van der Waals surface area contributed by atoms with Gasteiger partial charge in [0.25, 0.3) is 0 Å². The molecule has 1 aromatic heterocycles. The molecule has 2 heterocycles.